The quantitative estimate of drug-likeness (QED) is 0.605. The van der Waals surface area contributed by atoms with Gasteiger partial charge in [0, 0.05) is 5.57 Å². The van der Waals surface area contributed by atoms with E-state index < -0.39 is 17.8 Å². The van der Waals surface area contributed by atoms with Crippen LogP contribution in [0.3, 0.4) is 0 Å². The molecule has 0 aromatic carbocycles. The number of hydrogen-bond acceptors (Lipinski definition) is 2. The van der Waals surface area contributed by atoms with E-state index in [1.807, 2.05) is 0 Å². The molecule has 0 fully saturated rings. The number of rotatable bonds is 4. The Balaban J connectivity index is 4.04. The first-order valence-corrected chi connectivity index (χ1v) is 3.64. The summed E-state index contributed by atoms with van der Waals surface area (Å²) in [5, 5.41) is 8.49. The Labute approximate surface area is 71.1 Å². The van der Waals surface area contributed by atoms with Crippen LogP contribution in [-0.2, 0) is 9.59 Å². The lowest BCUT2D eigenvalue weighted by Crippen LogP contribution is -2.13. The van der Waals surface area contributed by atoms with Gasteiger partial charge in [-0.2, -0.15) is 0 Å². The van der Waals surface area contributed by atoms with Gasteiger partial charge < -0.3 is 10.8 Å². The maximum absolute atomic E-state index is 10.5. The molecule has 0 aliphatic carbocycles. The summed E-state index contributed by atoms with van der Waals surface area (Å²) in [7, 11) is 0. The van der Waals surface area contributed by atoms with Crippen LogP contribution in [0.5, 0.6) is 0 Å². The zero-order valence-electron chi connectivity index (χ0n) is 7.20. The molecular weight excluding hydrogens is 158 g/mol. The highest BCUT2D eigenvalue weighted by Gasteiger charge is 2.08. The fourth-order valence-electron chi connectivity index (χ4n) is 0.555. The summed E-state index contributed by atoms with van der Waals surface area (Å²) >= 11 is 0. The third-order valence-corrected chi connectivity index (χ3v) is 1.59. The van der Waals surface area contributed by atoms with E-state index in [0.717, 1.165) is 0 Å². The standard InChI is InChI=1S/C8H13NO3/c1-5(7(9)10)3-4-6(2)8(11)12/h3,6H,4H2,1-2H3,(H2,9,10)(H,11,12). The average Bonchev–Trinajstić information content (AvgIpc) is 1.98. The monoisotopic (exact) mass is 171 g/mol. The molecule has 0 aromatic rings. The highest BCUT2D eigenvalue weighted by Crippen LogP contribution is 2.05. The Morgan fingerprint density at radius 2 is 2.08 bits per heavy atom. The molecule has 1 unspecified atom stereocenters. The summed E-state index contributed by atoms with van der Waals surface area (Å²) in [5.74, 6) is -1.85. The first-order valence-electron chi connectivity index (χ1n) is 3.64. The van der Waals surface area contributed by atoms with Gasteiger partial charge in [0.05, 0.1) is 5.92 Å². The largest absolute Gasteiger partial charge is 0.481 e. The summed E-state index contributed by atoms with van der Waals surface area (Å²) in [6.07, 6.45) is 1.88. The van der Waals surface area contributed by atoms with Crippen molar-refractivity contribution in [2.45, 2.75) is 20.3 Å². The number of amides is 1. The third-order valence-electron chi connectivity index (χ3n) is 1.59. The molecule has 0 heterocycles. The van der Waals surface area contributed by atoms with E-state index in [0.29, 0.717) is 12.0 Å². The topological polar surface area (TPSA) is 80.4 Å². The second-order valence-electron chi connectivity index (χ2n) is 2.73. The minimum absolute atomic E-state index is 0.337. The van der Waals surface area contributed by atoms with Gasteiger partial charge in [0.25, 0.3) is 0 Å². The van der Waals surface area contributed by atoms with Crippen LogP contribution in [0.15, 0.2) is 11.6 Å². The predicted molar refractivity (Wildman–Crippen MR) is 44.4 cm³/mol. The molecule has 0 rings (SSSR count). The Morgan fingerprint density at radius 1 is 1.58 bits per heavy atom. The van der Waals surface area contributed by atoms with Gasteiger partial charge >= 0.3 is 5.97 Å². The summed E-state index contributed by atoms with van der Waals surface area (Å²) in [6.45, 7) is 3.14. The number of hydrogen-bond donors (Lipinski definition) is 2. The molecule has 12 heavy (non-hydrogen) atoms. The molecule has 0 aliphatic heterocycles. The van der Waals surface area contributed by atoms with Gasteiger partial charge in [0.1, 0.15) is 0 Å². The average molecular weight is 171 g/mol. The first-order chi connectivity index (χ1) is 5.45. The molecule has 68 valence electrons. The maximum atomic E-state index is 10.5. The lowest BCUT2D eigenvalue weighted by molar-refractivity contribution is -0.141. The smallest absolute Gasteiger partial charge is 0.306 e. The lowest BCUT2D eigenvalue weighted by Gasteiger charge is -2.01. The van der Waals surface area contributed by atoms with Crippen LogP contribution in [0.2, 0.25) is 0 Å². The molecular formula is C8H13NO3. The minimum atomic E-state index is -0.872. The minimum Gasteiger partial charge on any atom is -0.481 e. The van der Waals surface area contributed by atoms with Crippen molar-refractivity contribution in [2.24, 2.45) is 11.7 Å². The number of carboxylic acid groups (broad SMARTS) is 1. The van der Waals surface area contributed by atoms with Crippen molar-refractivity contribution in [3.63, 3.8) is 0 Å². The Hall–Kier alpha value is -1.32. The van der Waals surface area contributed by atoms with E-state index in [4.69, 9.17) is 10.8 Å². The second-order valence-corrected chi connectivity index (χ2v) is 2.73. The van der Waals surface area contributed by atoms with E-state index in [1.54, 1.807) is 19.9 Å². The number of aliphatic carboxylic acids is 1. The zero-order chi connectivity index (χ0) is 9.72. The van der Waals surface area contributed by atoms with Crippen molar-refractivity contribution in [3.05, 3.63) is 11.6 Å². The van der Waals surface area contributed by atoms with Crippen LogP contribution in [0.1, 0.15) is 20.3 Å². The molecule has 0 saturated carbocycles. The maximum Gasteiger partial charge on any atom is 0.306 e. The van der Waals surface area contributed by atoms with Crippen LogP contribution in [0.25, 0.3) is 0 Å². The van der Waals surface area contributed by atoms with Crippen molar-refractivity contribution in [1.29, 1.82) is 0 Å². The highest BCUT2D eigenvalue weighted by molar-refractivity contribution is 5.91. The van der Waals surface area contributed by atoms with E-state index in [-0.39, 0.29) is 0 Å². The summed E-state index contributed by atoms with van der Waals surface area (Å²) in [4.78, 5) is 20.8. The number of primary amides is 1. The Bertz CT molecular complexity index is 220. The summed E-state index contributed by atoms with van der Waals surface area (Å²) in [6, 6.07) is 0. The number of carboxylic acids is 1. The van der Waals surface area contributed by atoms with Gasteiger partial charge in [0.2, 0.25) is 5.91 Å². The zero-order valence-corrected chi connectivity index (χ0v) is 7.20. The van der Waals surface area contributed by atoms with E-state index in [2.05, 4.69) is 0 Å². The molecule has 3 N–H and O–H groups in total. The van der Waals surface area contributed by atoms with E-state index in [9.17, 15) is 9.59 Å². The lowest BCUT2D eigenvalue weighted by atomic mass is 10.1. The van der Waals surface area contributed by atoms with Crippen molar-refractivity contribution in [3.8, 4) is 0 Å². The van der Waals surface area contributed by atoms with Crippen molar-refractivity contribution >= 4 is 11.9 Å². The number of carbonyl (C=O) groups excluding carboxylic acids is 1. The van der Waals surface area contributed by atoms with Gasteiger partial charge in [-0.05, 0) is 13.3 Å². The Morgan fingerprint density at radius 3 is 2.42 bits per heavy atom. The van der Waals surface area contributed by atoms with Crippen LogP contribution in [0, 0.1) is 5.92 Å². The van der Waals surface area contributed by atoms with Crippen LogP contribution < -0.4 is 5.73 Å². The molecule has 0 spiro atoms. The van der Waals surface area contributed by atoms with Gasteiger partial charge in [-0.1, -0.05) is 13.0 Å². The van der Waals surface area contributed by atoms with E-state index in [1.165, 1.54) is 0 Å². The molecule has 0 aromatic heterocycles. The number of nitrogens with two attached hydrogens (primary N) is 1. The molecule has 1 atom stereocenters. The molecule has 0 saturated heterocycles. The van der Waals surface area contributed by atoms with Gasteiger partial charge in [-0.3, -0.25) is 9.59 Å². The number of allylic oxidation sites excluding steroid dienone is 1. The molecule has 4 nitrogen and oxygen atoms in total. The van der Waals surface area contributed by atoms with Crippen molar-refractivity contribution in [1.82, 2.24) is 0 Å². The van der Waals surface area contributed by atoms with Gasteiger partial charge in [-0.25, -0.2) is 0 Å². The third kappa shape index (κ3) is 3.75. The number of carbonyl (C=O) groups is 2. The van der Waals surface area contributed by atoms with Crippen molar-refractivity contribution < 1.29 is 14.7 Å². The molecule has 1 amide bonds. The SMILES string of the molecule is CC(=CCC(C)C(=O)O)C(N)=O. The normalized spacial score (nSPS) is 14.0. The van der Waals surface area contributed by atoms with Crippen LogP contribution >= 0.6 is 0 Å². The van der Waals surface area contributed by atoms with Crippen molar-refractivity contribution in [2.75, 3.05) is 0 Å². The fraction of sp³-hybridized carbons (Fsp3) is 0.500. The predicted octanol–water partition coefficient (Wildman–Crippen LogP) is 0.529. The first kappa shape index (κ1) is 10.7. The fourth-order valence-corrected chi connectivity index (χ4v) is 0.555. The molecule has 0 radical (unpaired) electrons. The Kier molecular flexibility index (Phi) is 4.04. The van der Waals surface area contributed by atoms with Crippen LogP contribution in [-0.4, -0.2) is 17.0 Å². The molecule has 0 aliphatic rings. The second kappa shape index (κ2) is 4.54. The van der Waals surface area contributed by atoms with Crippen LogP contribution in [0.4, 0.5) is 0 Å². The van der Waals surface area contributed by atoms with Gasteiger partial charge in [-0.15, -0.1) is 0 Å². The van der Waals surface area contributed by atoms with Gasteiger partial charge in [0.15, 0.2) is 0 Å². The molecule has 0 bridgehead atoms. The van der Waals surface area contributed by atoms with E-state index >= 15 is 0 Å². The highest BCUT2D eigenvalue weighted by atomic mass is 16.4. The molecule has 4 heteroatoms. The summed E-state index contributed by atoms with van der Waals surface area (Å²) in [5.41, 5.74) is 5.35. The summed E-state index contributed by atoms with van der Waals surface area (Å²) < 4.78 is 0.